The summed E-state index contributed by atoms with van der Waals surface area (Å²) in [5.74, 6) is -0.352. The third-order valence-electron chi connectivity index (χ3n) is 1.86. The summed E-state index contributed by atoms with van der Waals surface area (Å²) < 4.78 is 4.65. The van der Waals surface area contributed by atoms with Crippen LogP contribution < -0.4 is 0 Å². The third kappa shape index (κ3) is 2.19. The Morgan fingerprint density at radius 1 is 1.64 bits per heavy atom. The number of allylic oxidation sites excluding steroid dienone is 1. The topological polar surface area (TPSA) is 39.2 Å². The van der Waals surface area contributed by atoms with E-state index in [1.807, 2.05) is 6.92 Å². The van der Waals surface area contributed by atoms with Crippen molar-refractivity contribution in [1.82, 2.24) is 4.98 Å². The molecule has 1 aromatic rings. The molecule has 0 unspecified atom stereocenters. The molecular formula is C11H13NO2. The van der Waals surface area contributed by atoms with Gasteiger partial charge in [-0.25, -0.2) is 4.79 Å². The Bertz CT molecular complexity index is 358. The molecule has 0 aromatic carbocycles. The van der Waals surface area contributed by atoms with Crippen LogP contribution in [0.15, 0.2) is 24.8 Å². The molecule has 0 atom stereocenters. The number of pyridine rings is 1. The number of ether oxygens (including phenoxy) is 1. The average Bonchev–Trinajstić information content (AvgIpc) is 2.17. The molecule has 0 aliphatic carbocycles. The number of aromatic nitrogens is 1. The quantitative estimate of drug-likeness (QED) is 0.541. The second-order valence-corrected chi connectivity index (χ2v) is 2.93. The van der Waals surface area contributed by atoms with Gasteiger partial charge in [0.1, 0.15) is 0 Å². The van der Waals surface area contributed by atoms with Crippen molar-refractivity contribution in [2.45, 2.75) is 13.3 Å². The van der Waals surface area contributed by atoms with E-state index < -0.39 is 0 Å². The van der Waals surface area contributed by atoms with Gasteiger partial charge in [-0.1, -0.05) is 6.08 Å². The summed E-state index contributed by atoms with van der Waals surface area (Å²) in [4.78, 5) is 15.6. The smallest absolute Gasteiger partial charge is 0.339 e. The molecule has 3 heteroatoms. The zero-order valence-electron chi connectivity index (χ0n) is 8.41. The highest BCUT2D eigenvalue weighted by Crippen LogP contribution is 2.10. The molecule has 0 aliphatic rings. The normalized spacial score (nSPS) is 9.57. The Kier molecular flexibility index (Phi) is 3.40. The minimum atomic E-state index is -0.352. The number of esters is 1. The number of carbonyl (C=O) groups is 1. The molecule has 0 bridgehead atoms. The van der Waals surface area contributed by atoms with E-state index in [1.165, 1.54) is 7.11 Å². The lowest BCUT2D eigenvalue weighted by Crippen LogP contribution is -2.07. The molecule has 0 N–H and O–H groups in total. The molecule has 1 aromatic heterocycles. The van der Waals surface area contributed by atoms with Crippen LogP contribution in [0.4, 0.5) is 0 Å². The lowest BCUT2D eigenvalue weighted by molar-refractivity contribution is 0.0599. The van der Waals surface area contributed by atoms with Gasteiger partial charge >= 0.3 is 5.97 Å². The SMILES string of the molecule is C=CCc1nc(C)ccc1C(=O)OC. The molecule has 74 valence electrons. The van der Waals surface area contributed by atoms with Crippen LogP contribution in [0.2, 0.25) is 0 Å². The van der Waals surface area contributed by atoms with Crippen LogP contribution in [0.5, 0.6) is 0 Å². The Morgan fingerprint density at radius 3 is 2.93 bits per heavy atom. The van der Waals surface area contributed by atoms with E-state index in [-0.39, 0.29) is 5.97 Å². The first-order valence-corrected chi connectivity index (χ1v) is 4.34. The molecule has 0 aliphatic heterocycles. The van der Waals surface area contributed by atoms with Crippen LogP contribution in [0, 0.1) is 6.92 Å². The number of aryl methyl sites for hydroxylation is 1. The molecule has 1 rings (SSSR count). The van der Waals surface area contributed by atoms with E-state index in [9.17, 15) is 4.79 Å². The number of hydrogen-bond acceptors (Lipinski definition) is 3. The maximum Gasteiger partial charge on any atom is 0.339 e. The monoisotopic (exact) mass is 191 g/mol. The van der Waals surface area contributed by atoms with Crippen molar-refractivity contribution in [3.05, 3.63) is 41.7 Å². The van der Waals surface area contributed by atoms with Gasteiger partial charge in [0.15, 0.2) is 0 Å². The van der Waals surface area contributed by atoms with Crippen molar-refractivity contribution in [1.29, 1.82) is 0 Å². The van der Waals surface area contributed by atoms with Crippen molar-refractivity contribution >= 4 is 5.97 Å². The van der Waals surface area contributed by atoms with Gasteiger partial charge in [-0.2, -0.15) is 0 Å². The van der Waals surface area contributed by atoms with Crippen LogP contribution in [0.1, 0.15) is 21.7 Å². The molecule has 0 fully saturated rings. The second-order valence-electron chi connectivity index (χ2n) is 2.93. The fourth-order valence-electron chi connectivity index (χ4n) is 1.20. The van der Waals surface area contributed by atoms with Crippen molar-refractivity contribution in [3.63, 3.8) is 0 Å². The van der Waals surface area contributed by atoms with Gasteiger partial charge in [0.05, 0.1) is 18.4 Å². The fraction of sp³-hybridized carbons (Fsp3) is 0.273. The van der Waals surface area contributed by atoms with Gasteiger partial charge in [0.25, 0.3) is 0 Å². The van der Waals surface area contributed by atoms with Gasteiger partial charge in [-0.3, -0.25) is 4.98 Å². The third-order valence-corrected chi connectivity index (χ3v) is 1.86. The molecule has 0 saturated heterocycles. The molecule has 0 spiro atoms. The number of nitrogens with zero attached hydrogens (tertiary/aromatic N) is 1. The Hall–Kier alpha value is -1.64. The molecular weight excluding hydrogens is 178 g/mol. The number of methoxy groups -OCH3 is 1. The van der Waals surface area contributed by atoms with Gasteiger partial charge in [0, 0.05) is 12.1 Å². The Morgan fingerprint density at radius 2 is 2.36 bits per heavy atom. The molecule has 0 radical (unpaired) electrons. The second kappa shape index (κ2) is 4.56. The van der Waals surface area contributed by atoms with Gasteiger partial charge in [-0.05, 0) is 19.1 Å². The summed E-state index contributed by atoms with van der Waals surface area (Å²) >= 11 is 0. The summed E-state index contributed by atoms with van der Waals surface area (Å²) in [5.41, 5.74) is 2.11. The predicted molar refractivity (Wildman–Crippen MR) is 54.2 cm³/mol. The van der Waals surface area contributed by atoms with Crippen molar-refractivity contribution < 1.29 is 9.53 Å². The highest BCUT2D eigenvalue weighted by molar-refractivity contribution is 5.90. The lowest BCUT2D eigenvalue weighted by Gasteiger charge is -2.05. The first kappa shape index (κ1) is 10.4. The van der Waals surface area contributed by atoms with Gasteiger partial charge in [-0.15, -0.1) is 6.58 Å². The van der Waals surface area contributed by atoms with Gasteiger partial charge < -0.3 is 4.74 Å². The zero-order chi connectivity index (χ0) is 10.6. The summed E-state index contributed by atoms with van der Waals surface area (Å²) in [7, 11) is 1.36. The van der Waals surface area contributed by atoms with E-state index in [1.54, 1.807) is 18.2 Å². The van der Waals surface area contributed by atoms with Crippen LogP contribution in [0.3, 0.4) is 0 Å². The largest absolute Gasteiger partial charge is 0.465 e. The van der Waals surface area contributed by atoms with Crippen LogP contribution in [-0.2, 0) is 11.2 Å². The van der Waals surface area contributed by atoms with Crippen LogP contribution >= 0.6 is 0 Å². The highest BCUT2D eigenvalue weighted by atomic mass is 16.5. The summed E-state index contributed by atoms with van der Waals surface area (Å²) in [6.07, 6.45) is 2.29. The zero-order valence-corrected chi connectivity index (χ0v) is 8.41. The summed E-state index contributed by atoms with van der Waals surface area (Å²) in [6.45, 7) is 5.50. The van der Waals surface area contributed by atoms with E-state index in [2.05, 4.69) is 16.3 Å². The molecule has 0 amide bonds. The van der Waals surface area contributed by atoms with E-state index in [0.29, 0.717) is 17.7 Å². The van der Waals surface area contributed by atoms with Crippen LogP contribution in [-0.4, -0.2) is 18.1 Å². The van der Waals surface area contributed by atoms with Crippen molar-refractivity contribution in [2.24, 2.45) is 0 Å². The predicted octanol–water partition coefficient (Wildman–Crippen LogP) is 1.91. The minimum absolute atomic E-state index is 0.352. The molecule has 3 nitrogen and oxygen atoms in total. The maximum absolute atomic E-state index is 11.3. The van der Waals surface area contributed by atoms with E-state index in [0.717, 1.165) is 5.69 Å². The number of hydrogen-bond donors (Lipinski definition) is 0. The Labute approximate surface area is 83.4 Å². The number of carbonyl (C=O) groups excluding carboxylic acids is 1. The van der Waals surface area contributed by atoms with E-state index in [4.69, 9.17) is 0 Å². The average molecular weight is 191 g/mol. The summed E-state index contributed by atoms with van der Waals surface area (Å²) in [5, 5.41) is 0. The van der Waals surface area contributed by atoms with Crippen LogP contribution in [0.25, 0.3) is 0 Å². The molecule has 14 heavy (non-hydrogen) atoms. The molecule has 1 heterocycles. The maximum atomic E-state index is 11.3. The Balaban J connectivity index is 3.13. The lowest BCUT2D eigenvalue weighted by atomic mass is 10.1. The number of rotatable bonds is 3. The first-order valence-electron chi connectivity index (χ1n) is 4.34. The standard InChI is InChI=1S/C11H13NO2/c1-4-5-10-9(11(13)14-3)7-6-8(2)12-10/h4,6-7H,1,5H2,2-3H3. The van der Waals surface area contributed by atoms with Crippen molar-refractivity contribution in [3.8, 4) is 0 Å². The van der Waals surface area contributed by atoms with Gasteiger partial charge in [0.2, 0.25) is 0 Å². The molecule has 0 saturated carbocycles. The van der Waals surface area contributed by atoms with Crippen molar-refractivity contribution in [2.75, 3.05) is 7.11 Å². The highest BCUT2D eigenvalue weighted by Gasteiger charge is 2.11. The first-order chi connectivity index (χ1) is 6.69. The fourth-order valence-corrected chi connectivity index (χ4v) is 1.20. The van der Waals surface area contributed by atoms with E-state index >= 15 is 0 Å². The summed E-state index contributed by atoms with van der Waals surface area (Å²) in [6, 6.07) is 3.52. The minimum Gasteiger partial charge on any atom is -0.465 e.